The van der Waals surface area contributed by atoms with Crippen molar-refractivity contribution in [2.75, 3.05) is 12.4 Å². The third kappa shape index (κ3) is 4.75. The molecule has 2 aromatic carbocycles. The Labute approximate surface area is 158 Å². The van der Waals surface area contributed by atoms with Gasteiger partial charge in [0.2, 0.25) is 0 Å². The summed E-state index contributed by atoms with van der Waals surface area (Å²) in [5.41, 5.74) is 3.40. The highest BCUT2D eigenvalue weighted by atomic mass is 32.2. The van der Waals surface area contributed by atoms with Gasteiger partial charge in [0.15, 0.2) is 5.16 Å². The average Bonchev–Trinajstić information content (AvgIpc) is 3.07. The van der Waals surface area contributed by atoms with Crippen LogP contribution >= 0.6 is 11.8 Å². The lowest BCUT2D eigenvalue weighted by atomic mass is 9.97. The van der Waals surface area contributed by atoms with E-state index in [9.17, 15) is 5.11 Å². The average molecular weight is 369 g/mol. The van der Waals surface area contributed by atoms with Gasteiger partial charge in [-0.15, -0.1) is 0 Å². The van der Waals surface area contributed by atoms with Gasteiger partial charge >= 0.3 is 0 Å². The Morgan fingerprint density at radius 2 is 1.85 bits per heavy atom. The minimum absolute atomic E-state index is 0.190. The van der Waals surface area contributed by atoms with Crippen LogP contribution in [0.25, 0.3) is 0 Å². The molecule has 0 amide bonds. The molecule has 5 heteroatoms. The van der Waals surface area contributed by atoms with E-state index in [-0.39, 0.29) is 12.7 Å². The first kappa shape index (κ1) is 18.7. The summed E-state index contributed by atoms with van der Waals surface area (Å²) in [6.45, 7) is 2.35. The predicted molar refractivity (Wildman–Crippen MR) is 105 cm³/mol. The second-order valence-electron chi connectivity index (χ2n) is 6.27. The summed E-state index contributed by atoms with van der Waals surface area (Å²) in [6, 6.07) is 18.4. The Kier molecular flexibility index (Phi) is 6.50. The Hall–Kier alpha value is -2.08. The lowest BCUT2D eigenvalue weighted by Crippen LogP contribution is -2.21. The van der Waals surface area contributed by atoms with Gasteiger partial charge in [0, 0.05) is 25.2 Å². The molecule has 3 rings (SSSR count). The Morgan fingerprint density at radius 3 is 2.54 bits per heavy atom. The van der Waals surface area contributed by atoms with Gasteiger partial charge < -0.3 is 14.4 Å². The van der Waals surface area contributed by atoms with Crippen LogP contribution in [0, 0.1) is 6.92 Å². The normalized spacial score (nSPS) is 13.5. The molecule has 3 aromatic rings. The first-order valence-corrected chi connectivity index (χ1v) is 9.64. The maximum Gasteiger partial charge on any atom is 0.167 e. The molecule has 0 saturated heterocycles. The molecule has 0 radical (unpaired) electrons. The quantitative estimate of drug-likeness (QED) is 0.611. The van der Waals surface area contributed by atoms with Gasteiger partial charge in [0.05, 0.1) is 12.7 Å². The van der Waals surface area contributed by atoms with E-state index >= 15 is 0 Å². The summed E-state index contributed by atoms with van der Waals surface area (Å²) in [6.07, 6.45) is 2.90. The van der Waals surface area contributed by atoms with Crippen molar-refractivity contribution >= 4 is 11.8 Å². The SMILES string of the molecule is Cc1ccccc1C(OCC(O)CSc1nccn1C)c1ccccc1. The highest BCUT2D eigenvalue weighted by Crippen LogP contribution is 2.28. The number of hydrogen-bond donors (Lipinski definition) is 1. The molecule has 0 aliphatic rings. The molecule has 136 valence electrons. The smallest absolute Gasteiger partial charge is 0.167 e. The molecule has 0 bridgehead atoms. The van der Waals surface area contributed by atoms with Crippen molar-refractivity contribution in [3.63, 3.8) is 0 Å². The molecule has 0 spiro atoms. The van der Waals surface area contributed by atoms with E-state index in [0.717, 1.165) is 16.3 Å². The van der Waals surface area contributed by atoms with E-state index in [1.807, 2.05) is 48.1 Å². The molecule has 0 aliphatic carbocycles. The molecular formula is C21H24N2O2S. The topological polar surface area (TPSA) is 47.3 Å². The van der Waals surface area contributed by atoms with Crippen molar-refractivity contribution in [3.05, 3.63) is 83.7 Å². The van der Waals surface area contributed by atoms with Crippen LogP contribution in [0.5, 0.6) is 0 Å². The molecule has 0 fully saturated rings. The lowest BCUT2D eigenvalue weighted by molar-refractivity contribution is 0.0153. The van der Waals surface area contributed by atoms with E-state index in [2.05, 4.69) is 36.2 Å². The van der Waals surface area contributed by atoms with Gasteiger partial charge in [-0.2, -0.15) is 0 Å². The molecule has 1 heterocycles. The first-order chi connectivity index (χ1) is 12.6. The zero-order valence-corrected chi connectivity index (χ0v) is 15.9. The van der Waals surface area contributed by atoms with E-state index in [1.165, 1.54) is 17.3 Å². The number of aryl methyl sites for hydroxylation is 2. The second-order valence-corrected chi connectivity index (χ2v) is 7.25. The first-order valence-electron chi connectivity index (χ1n) is 8.65. The van der Waals surface area contributed by atoms with Crippen molar-refractivity contribution in [1.29, 1.82) is 0 Å². The Morgan fingerprint density at radius 1 is 1.12 bits per heavy atom. The van der Waals surface area contributed by atoms with Crippen LogP contribution in [0.2, 0.25) is 0 Å². The number of nitrogens with zero attached hydrogens (tertiary/aromatic N) is 2. The number of benzene rings is 2. The van der Waals surface area contributed by atoms with Gasteiger partial charge in [-0.3, -0.25) is 0 Å². The van der Waals surface area contributed by atoms with Crippen molar-refractivity contribution in [3.8, 4) is 0 Å². The fourth-order valence-corrected chi connectivity index (χ4v) is 3.63. The number of rotatable bonds is 8. The van der Waals surface area contributed by atoms with Crippen LogP contribution in [0.4, 0.5) is 0 Å². The van der Waals surface area contributed by atoms with Crippen LogP contribution < -0.4 is 0 Å². The number of aromatic nitrogens is 2. The molecule has 2 unspecified atom stereocenters. The van der Waals surface area contributed by atoms with E-state index in [1.54, 1.807) is 6.20 Å². The highest BCUT2D eigenvalue weighted by molar-refractivity contribution is 7.99. The van der Waals surface area contributed by atoms with Crippen molar-refractivity contribution < 1.29 is 9.84 Å². The zero-order chi connectivity index (χ0) is 18.4. The highest BCUT2D eigenvalue weighted by Gasteiger charge is 2.18. The summed E-state index contributed by atoms with van der Waals surface area (Å²) >= 11 is 1.53. The molecule has 1 N–H and O–H groups in total. The predicted octanol–water partition coefficient (Wildman–Crippen LogP) is 3.99. The van der Waals surface area contributed by atoms with Gasteiger partial charge in [0.25, 0.3) is 0 Å². The number of imidazole rings is 1. The molecule has 2 atom stereocenters. The zero-order valence-electron chi connectivity index (χ0n) is 15.1. The minimum atomic E-state index is -0.563. The van der Waals surface area contributed by atoms with Crippen molar-refractivity contribution in [2.45, 2.75) is 24.3 Å². The van der Waals surface area contributed by atoms with E-state index in [0.29, 0.717) is 5.75 Å². The third-order valence-corrected chi connectivity index (χ3v) is 5.41. The number of aliphatic hydroxyl groups is 1. The molecular weight excluding hydrogens is 344 g/mol. The van der Waals surface area contributed by atoms with E-state index in [4.69, 9.17) is 4.74 Å². The van der Waals surface area contributed by atoms with Crippen LogP contribution in [0.1, 0.15) is 22.8 Å². The maximum atomic E-state index is 10.4. The van der Waals surface area contributed by atoms with Gasteiger partial charge in [-0.1, -0.05) is 66.4 Å². The van der Waals surface area contributed by atoms with Gasteiger partial charge in [0.1, 0.15) is 6.10 Å². The maximum absolute atomic E-state index is 10.4. The van der Waals surface area contributed by atoms with Crippen molar-refractivity contribution in [2.24, 2.45) is 7.05 Å². The van der Waals surface area contributed by atoms with Gasteiger partial charge in [-0.05, 0) is 23.6 Å². The Bertz CT molecular complexity index is 820. The standard InChI is InChI=1S/C21H24N2O2S/c1-16-8-6-7-11-19(16)20(17-9-4-3-5-10-17)25-14-18(24)15-26-21-22-12-13-23(21)2/h3-13,18,20,24H,14-15H2,1-2H3. The number of ether oxygens (including phenoxy) is 1. The molecule has 26 heavy (non-hydrogen) atoms. The van der Waals surface area contributed by atoms with Crippen molar-refractivity contribution in [1.82, 2.24) is 9.55 Å². The minimum Gasteiger partial charge on any atom is -0.390 e. The summed E-state index contributed by atoms with van der Waals surface area (Å²) in [7, 11) is 1.95. The summed E-state index contributed by atoms with van der Waals surface area (Å²) < 4.78 is 8.11. The lowest BCUT2D eigenvalue weighted by Gasteiger charge is -2.22. The number of hydrogen-bond acceptors (Lipinski definition) is 4. The summed E-state index contributed by atoms with van der Waals surface area (Å²) in [5.74, 6) is 0.542. The largest absolute Gasteiger partial charge is 0.390 e. The fourth-order valence-electron chi connectivity index (χ4n) is 2.79. The molecule has 4 nitrogen and oxygen atoms in total. The van der Waals surface area contributed by atoms with Gasteiger partial charge in [-0.25, -0.2) is 4.98 Å². The number of aliphatic hydroxyl groups excluding tert-OH is 1. The number of thioether (sulfide) groups is 1. The van der Waals surface area contributed by atoms with Crippen LogP contribution in [-0.2, 0) is 11.8 Å². The molecule has 0 saturated carbocycles. The molecule has 0 aliphatic heterocycles. The monoisotopic (exact) mass is 368 g/mol. The second kappa shape index (κ2) is 9.03. The van der Waals surface area contributed by atoms with Crippen LogP contribution in [0.15, 0.2) is 72.1 Å². The fraction of sp³-hybridized carbons (Fsp3) is 0.286. The van der Waals surface area contributed by atoms with Crippen LogP contribution in [0.3, 0.4) is 0 Å². The third-order valence-electron chi connectivity index (χ3n) is 4.21. The summed E-state index contributed by atoms with van der Waals surface area (Å²) in [5, 5.41) is 11.3. The summed E-state index contributed by atoms with van der Waals surface area (Å²) in [4.78, 5) is 4.26. The van der Waals surface area contributed by atoms with Crippen LogP contribution in [-0.4, -0.2) is 33.1 Å². The van der Waals surface area contributed by atoms with E-state index < -0.39 is 6.10 Å². The molecule has 1 aromatic heterocycles. The Balaban J connectivity index is 1.66.